The Labute approximate surface area is 102 Å². The fraction of sp³-hybridized carbons (Fsp3) is 0.500. The molecule has 2 N–H and O–H groups in total. The van der Waals surface area contributed by atoms with Crippen LogP contribution >= 0.6 is 0 Å². The summed E-state index contributed by atoms with van der Waals surface area (Å²) in [5.41, 5.74) is 9.02. The average molecular weight is 230 g/mol. The Morgan fingerprint density at radius 1 is 1.29 bits per heavy atom. The molecule has 0 saturated heterocycles. The van der Waals surface area contributed by atoms with Crippen molar-refractivity contribution in [1.82, 2.24) is 0 Å². The molecule has 1 aromatic carbocycles. The van der Waals surface area contributed by atoms with Gasteiger partial charge in [0.15, 0.2) is 0 Å². The van der Waals surface area contributed by atoms with Gasteiger partial charge in [-0.3, -0.25) is 4.79 Å². The molecule has 3 heteroatoms. The van der Waals surface area contributed by atoms with E-state index in [1.165, 1.54) is 6.42 Å². The van der Waals surface area contributed by atoms with Crippen LogP contribution < -0.4 is 10.6 Å². The van der Waals surface area contributed by atoms with Crippen molar-refractivity contribution in [1.29, 1.82) is 0 Å². The van der Waals surface area contributed by atoms with E-state index in [1.54, 1.807) is 0 Å². The first-order valence-electron chi connectivity index (χ1n) is 6.46. The quantitative estimate of drug-likeness (QED) is 0.753. The van der Waals surface area contributed by atoms with E-state index in [0.717, 1.165) is 49.2 Å². The predicted octanol–water partition coefficient (Wildman–Crippen LogP) is 2.35. The predicted molar refractivity (Wildman–Crippen MR) is 68.9 cm³/mol. The molecule has 0 radical (unpaired) electrons. The third-order valence-corrected chi connectivity index (χ3v) is 4.01. The van der Waals surface area contributed by atoms with Crippen LogP contribution in [0.5, 0.6) is 0 Å². The zero-order valence-electron chi connectivity index (χ0n) is 9.98. The summed E-state index contributed by atoms with van der Waals surface area (Å²) in [7, 11) is 0. The number of rotatable bonds is 1. The molecule has 1 saturated carbocycles. The number of amides is 1. The molecule has 0 unspecified atom stereocenters. The van der Waals surface area contributed by atoms with E-state index in [2.05, 4.69) is 0 Å². The number of benzene rings is 1. The molecule has 2 aliphatic rings. The number of anilines is 2. The van der Waals surface area contributed by atoms with Crippen LogP contribution in [0.1, 0.15) is 31.2 Å². The number of hydrogen-bond donors (Lipinski definition) is 1. The van der Waals surface area contributed by atoms with E-state index < -0.39 is 0 Å². The van der Waals surface area contributed by atoms with Gasteiger partial charge >= 0.3 is 0 Å². The Morgan fingerprint density at radius 2 is 2.12 bits per heavy atom. The van der Waals surface area contributed by atoms with Crippen LogP contribution in [0.25, 0.3) is 0 Å². The lowest BCUT2D eigenvalue weighted by atomic mass is 9.83. The highest BCUT2D eigenvalue weighted by atomic mass is 16.2. The highest BCUT2D eigenvalue weighted by molar-refractivity contribution is 5.97. The van der Waals surface area contributed by atoms with Crippen LogP contribution in [-0.4, -0.2) is 12.5 Å². The lowest BCUT2D eigenvalue weighted by molar-refractivity contribution is -0.124. The van der Waals surface area contributed by atoms with Gasteiger partial charge in [0.25, 0.3) is 0 Å². The maximum Gasteiger partial charge on any atom is 0.230 e. The zero-order chi connectivity index (χ0) is 11.8. The lowest BCUT2D eigenvalue weighted by Gasteiger charge is -2.35. The second kappa shape index (κ2) is 4.06. The highest BCUT2D eigenvalue weighted by Gasteiger charge is 2.32. The topological polar surface area (TPSA) is 46.3 Å². The van der Waals surface area contributed by atoms with Gasteiger partial charge in [-0.25, -0.2) is 0 Å². The van der Waals surface area contributed by atoms with Crippen LogP contribution in [0.4, 0.5) is 11.4 Å². The molecule has 0 atom stereocenters. The molecule has 1 aliphatic heterocycles. The van der Waals surface area contributed by atoms with E-state index in [-0.39, 0.29) is 5.92 Å². The molecule has 0 aromatic heterocycles. The van der Waals surface area contributed by atoms with Crippen molar-refractivity contribution in [2.45, 2.75) is 32.1 Å². The smallest absolute Gasteiger partial charge is 0.230 e. The van der Waals surface area contributed by atoms with Crippen molar-refractivity contribution in [3.63, 3.8) is 0 Å². The lowest BCUT2D eigenvalue weighted by Crippen LogP contribution is -2.41. The second-order valence-corrected chi connectivity index (χ2v) is 5.07. The molecule has 1 heterocycles. The largest absolute Gasteiger partial charge is 0.398 e. The molecule has 1 aromatic rings. The van der Waals surface area contributed by atoms with E-state index in [0.29, 0.717) is 5.91 Å². The maximum absolute atomic E-state index is 12.3. The number of carbonyl (C=O) groups excluding carboxylic acids is 1. The Balaban J connectivity index is 1.93. The van der Waals surface area contributed by atoms with Gasteiger partial charge in [-0.15, -0.1) is 0 Å². The fourth-order valence-electron chi connectivity index (χ4n) is 2.76. The van der Waals surface area contributed by atoms with E-state index in [9.17, 15) is 4.79 Å². The molecule has 1 aliphatic carbocycles. The number of nitrogens with zero attached hydrogens (tertiary/aromatic N) is 1. The molecule has 90 valence electrons. The van der Waals surface area contributed by atoms with E-state index in [1.807, 2.05) is 23.1 Å². The number of nitrogen functional groups attached to an aromatic ring is 1. The van der Waals surface area contributed by atoms with Gasteiger partial charge in [-0.1, -0.05) is 12.5 Å². The minimum atomic E-state index is 0.266. The van der Waals surface area contributed by atoms with Crippen LogP contribution in [0.3, 0.4) is 0 Å². The van der Waals surface area contributed by atoms with Crippen molar-refractivity contribution in [3.8, 4) is 0 Å². The third-order valence-electron chi connectivity index (χ3n) is 4.01. The van der Waals surface area contributed by atoms with Gasteiger partial charge in [0.05, 0.1) is 0 Å². The van der Waals surface area contributed by atoms with Crippen molar-refractivity contribution in [2.24, 2.45) is 5.92 Å². The SMILES string of the molecule is Nc1cccc2c1CCCN2C(=O)C1CCC1. The second-order valence-electron chi connectivity index (χ2n) is 5.07. The Morgan fingerprint density at radius 3 is 2.82 bits per heavy atom. The summed E-state index contributed by atoms with van der Waals surface area (Å²) in [6.45, 7) is 0.853. The molecule has 1 fully saturated rings. The summed E-state index contributed by atoms with van der Waals surface area (Å²) < 4.78 is 0. The molecule has 17 heavy (non-hydrogen) atoms. The Hall–Kier alpha value is -1.51. The number of carbonyl (C=O) groups is 1. The average Bonchev–Trinajstić information content (AvgIpc) is 2.26. The fourth-order valence-corrected chi connectivity index (χ4v) is 2.76. The normalized spacial score (nSPS) is 19.6. The van der Waals surface area contributed by atoms with Gasteiger partial charge in [0.1, 0.15) is 0 Å². The standard InChI is InChI=1S/C14H18N2O/c15-12-7-2-8-13-11(12)6-3-9-16(13)14(17)10-4-1-5-10/h2,7-8,10H,1,3-6,9,15H2. The van der Waals surface area contributed by atoms with E-state index >= 15 is 0 Å². The molecule has 1 amide bonds. The number of fused-ring (bicyclic) bond motifs is 1. The molecular weight excluding hydrogens is 212 g/mol. The first kappa shape index (κ1) is 10.6. The summed E-state index contributed by atoms with van der Waals surface area (Å²) in [6.07, 6.45) is 5.35. The summed E-state index contributed by atoms with van der Waals surface area (Å²) in [5.74, 6) is 0.574. The van der Waals surface area contributed by atoms with Crippen LogP contribution in [-0.2, 0) is 11.2 Å². The van der Waals surface area contributed by atoms with Crippen LogP contribution in [0.2, 0.25) is 0 Å². The molecule has 0 bridgehead atoms. The molecular formula is C14H18N2O. The summed E-state index contributed by atoms with van der Waals surface area (Å²) in [6, 6.07) is 5.90. The minimum absolute atomic E-state index is 0.266. The van der Waals surface area contributed by atoms with Gasteiger partial charge in [0, 0.05) is 23.8 Å². The van der Waals surface area contributed by atoms with Gasteiger partial charge < -0.3 is 10.6 Å². The van der Waals surface area contributed by atoms with Gasteiger partial charge in [-0.2, -0.15) is 0 Å². The highest BCUT2D eigenvalue weighted by Crippen LogP contribution is 2.35. The number of hydrogen-bond acceptors (Lipinski definition) is 2. The van der Waals surface area contributed by atoms with Gasteiger partial charge in [0.2, 0.25) is 5.91 Å². The minimum Gasteiger partial charge on any atom is -0.398 e. The zero-order valence-corrected chi connectivity index (χ0v) is 9.98. The van der Waals surface area contributed by atoms with Crippen molar-refractivity contribution in [2.75, 3.05) is 17.2 Å². The monoisotopic (exact) mass is 230 g/mol. The summed E-state index contributed by atoms with van der Waals surface area (Å²) >= 11 is 0. The first-order chi connectivity index (χ1) is 8.27. The van der Waals surface area contributed by atoms with E-state index in [4.69, 9.17) is 5.73 Å². The molecule has 3 nitrogen and oxygen atoms in total. The van der Waals surface area contributed by atoms with Crippen LogP contribution in [0, 0.1) is 5.92 Å². The Bertz CT molecular complexity index is 452. The molecule has 0 spiro atoms. The maximum atomic E-state index is 12.3. The van der Waals surface area contributed by atoms with Crippen molar-refractivity contribution < 1.29 is 4.79 Å². The summed E-state index contributed by atoms with van der Waals surface area (Å²) in [4.78, 5) is 14.3. The van der Waals surface area contributed by atoms with Crippen LogP contribution in [0.15, 0.2) is 18.2 Å². The van der Waals surface area contributed by atoms with Gasteiger partial charge in [-0.05, 0) is 43.4 Å². The van der Waals surface area contributed by atoms with Crippen molar-refractivity contribution in [3.05, 3.63) is 23.8 Å². The number of nitrogens with two attached hydrogens (primary N) is 1. The summed E-state index contributed by atoms with van der Waals surface area (Å²) in [5, 5.41) is 0. The third kappa shape index (κ3) is 1.70. The first-order valence-corrected chi connectivity index (χ1v) is 6.46. The molecule has 3 rings (SSSR count). The van der Waals surface area contributed by atoms with Crippen molar-refractivity contribution >= 4 is 17.3 Å². The Kier molecular flexibility index (Phi) is 2.54.